The lowest BCUT2D eigenvalue weighted by Gasteiger charge is -2.19. The number of amides is 1. The number of nitrogens with one attached hydrogen (secondary N) is 1. The number of carbonyl (C=O) groups is 3. The largest absolute Gasteiger partial charge is 0.467 e. The van der Waals surface area contributed by atoms with E-state index in [1.54, 1.807) is 0 Å². The van der Waals surface area contributed by atoms with Crippen LogP contribution in [0.4, 0.5) is 0 Å². The van der Waals surface area contributed by atoms with Gasteiger partial charge in [0, 0.05) is 6.42 Å². The summed E-state index contributed by atoms with van der Waals surface area (Å²) in [6, 6.07) is 16.3. The minimum atomic E-state index is -1.13. The average Bonchev–Trinajstić information content (AvgIpc) is 2.72. The Morgan fingerprint density at radius 1 is 0.966 bits per heavy atom. The Morgan fingerprint density at radius 3 is 2.07 bits per heavy atom. The summed E-state index contributed by atoms with van der Waals surface area (Å²) in [7, 11) is 1.24. The monoisotopic (exact) mass is 420 g/mol. The summed E-state index contributed by atoms with van der Waals surface area (Å²) in [4.78, 5) is 36.2. The number of hydrogen-bond acceptors (Lipinski definition) is 6. The van der Waals surface area contributed by atoms with Crippen LogP contribution >= 0.6 is 12.4 Å². The predicted molar refractivity (Wildman–Crippen MR) is 110 cm³/mol. The molecule has 0 radical (unpaired) electrons. The molecule has 0 bridgehead atoms. The fourth-order valence-electron chi connectivity index (χ4n) is 2.53. The summed E-state index contributed by atoms with van der Waals surface area (Å²) in [5.74, 6) is -1.80. The van der Waals surface area contributed by atoms with Gasteiger partial charge < -0.3 is 20.5 Å². The first kappa shape index (κ1) is 24.1. The van der Waals surface area contributed by atoms with Crippen molar-refractivity contribution in [1.29, 1.82) is 0 Å². The fraction of sp³-hybridized carbons (Fsp3) is 0.286. The second kappa shape index (κ2) is 12.5. The lowest BCUT2D eigenvalue weighted by atomic mass is 10.1. The summed E-state index contributed by atoms with van der Waals surface area (Å²) in [5.41, 5.74) is 7.50. The summed E-state index contributed by atoms with van der Waals surface area (Å²) < 4.78 is 9.88. The third kappa shape index (κ3) is 8.33. The van der Waals surface area contributed by atoms with Crippen molar-refractivity contribution in [1.82, 2.24) is 5.32 Å². The van der Waals surface area contributed by atoms with E-state index in [4.69, 9.17) is 15.2 Å². The van der Waals surface area contributed by atoms with Crippen LogP contribution in [0.5, 0.6) is 0 Å². The Kier molecular flexibility index (Phi) is 10.4. The van der Waals surface area contributed by atoms with Crippen molar-refractivity contribution in [2.24, 2.45) is 5.73 Å². The van der Waals surface area contributed by atoms with E-state index >= 15 is 0 Å². The maximum Gasteiger partial charge on any atom is 0.328 e. The van der Waals surface area contributed by atoms with Gasteiger partial charge in [0.05, 0.1) is 19.6 Å². The standard InChI is InChI=1S/C21H24N2O5.ClH/c1-27-21(26)18(12-15-8-4-2-5-9-15)23-20(25)17(22)13-19(24)28-14-16-10-6-3-7-11-16;/h2-11,17-18H,12-14,22H2,1H3,(H,23,25);1H/t17-,18-;/m0./s1. The van der Waals surface area contributed by atoms with Gasteiger partial charge in [-0.3, -0.25) is 9.59 Å². The van der Waals surface area contributed by atoms with Crippen LogP contribution in [0.1, 0.15) is 17.5 Å². The highest BCUT2D eigenvalue weighted by atomic mass is 35.5. The highest BCUT2D eigenvalue weighted by molar-refractivity contribution is 5.90. The molecule has 2 rings (SSSR count). The SMILES string of the molecule is COC(=O)[C@H](Cc1ccccc1)NC(=O)[C@@H](N)CC(=O)OCc1ccccc1.Cl. The molecule has 0 saturated carbocycles. The van der Waals surface area contributed by atoms with E-state index in [1.807, 2.05) is 60.7 Å². The minimum Gasteiger partial charge on any atom is -0.467 e. The van der Waals surface area contributed by atoms with Gasteiger partial charge in [-0.25, -0.2) is 4.79 Å². The van der Waals surface area contributed by atoms with Crippen LogP contribution in [0.2, 0.25) is 0 Å². The van der Waals surface area contributed by atoms with Crippen LogP contribution in [0.25, 0.3) is 0 Å². The molecule has 156 valence electrons. The number of benzene rings is 2. The van der Waals surface area contributed by atoms with Crippen molar-refractivity contribution in [3.05, 3.63) is 71.8 Å². The number of ether oxygens (including phenoxy) is 2. The first-order valence-corrected chi connectivity index (χ1v) is 8.87. The summed E-state index contributed by atoms with van der Waals surface area (Å²) in [6.45, 7) is 0.104. The molecule has 0 aliphatic carbocycles. The highest BCUT2D eigenvalue weighted by Crippen LogP contribution is 2.06. The number of hydrogen-bond donors (Lipinski definition) is 2. The maximum absolute atomic E-state index is 12.3. The zero-order valence-electron chi connectivity index (χ0n) is 16.1. The van der Waals surface area contributed by atoms with E-state index in [0.29, 0.717) is 0 Å². The molecule has 7 nitrogen and oxygen atoms in total. The number of methoxy groups -OCH3 is 1. The Morgan fingerprint density at radius 2 is 1.52 bits per heavy atom. The summed E-state index contributed by atoms with van der Waals surface area (Å²) in [5, 5.41) is 2.55. The van der Waals surface area contributed by atoms with E-state index < -0.39 is 29.9 Å². The van der Waals surface area contributed by atoms with Crippen LogP contribution in [0.15, 0.2) is 60.7 Å². The van der Waals surface area contributed by atoms with Gasteiger partial charge >= 0.3 is 11.9 Å². The molecule has 2 atom stereocenters. The molecular weight excluding hydrogens is 396 g/mol. The van der Waals surface area contributed by atoms with E-state index in [1.165, 1.54) is 7.11 Å². The Labute approximate surface area is 176 Å². The van der Waals surface area contributed by atoms with Gasteiger partial charge in [-0.2, -0.15) is 0 Å². The molecule has 0 unspecified atom stereocenters. The lowest BCUT2D eigenvalue weighted by molar-refractivity contribution is -0.147. The first-order valence-electron chi connectivity index (χ1n) is 8.87. The predicted octanol–water partition coefficient (Wildman–Crippen LogP) is 1.77. The molecule has 29 heavy (non-hydrogen) atoms. The van der Waals surface area contributed by atoms with Gasteiger partial charge in [0.2, 0.25) is 5.91 Å². The normalized spacial score (nSPS) is 12.1. The molecule has 2 aromatic carbocycles. The van der Waals surface area contributed by atoms with Crippen molar-refractivity contribution < 1.29 is 23.9 Å². The molecule has 8 heteroatoms. The maximum atomic E-state index is 12.3. The molecule has 0 aromatic heterocycles. The average molecular weight is 421 g/mol. The van der Waals surface area contributed by atoms with Crippen molar-refractivity contribution in [3.8, 4) is 0 Å². The molecule has 1 amide bonds. The van der Waals surface area contributed by atoms with E-state index in [9.17, 15) is 14.4 Å². The van der Waals surface area contributed by atoms with E-state index in [2.05, 4.69) is 5.32 Å². The Balaban J connectivity index is 0.00000420. The van der Waals surface area contributed by atoms with Gasteiger partial charge in [-0.05, 0) is 11.1 Å². The lowest BCUT2D eigenvalue weighted by Crippen LogP contribution is -2.50. The number of halogens is 1. The molecule has 2 aromatic rings. The second-order valence-corrected chi connectivity index (χ2v) is 6.23. The van der Waals surface area contributed by atoms with Gasteiger partial charge in [0.15, 0.2) is 0 Å². The van der Waals surface area contributed by atoms with Crippen LogP contribution < -0.4 is 11.1 Å². The van der Waals surface area contributed by atoms with Crippen LogP contribution in [-0.2, 0) is 36.9 Å². The van der Waals surface area contributed by atoms with Crippen molar-refractivity contribution in [2.75, 3.05) is 7.11 Å². The minimum absolute atomic E-state index is 0. The topological polar surface area (TPSA) is 108 Å². The van der Waals surface area contributed by atoms with Crippen molar-refractivity contribution in [2.45, 2.75) is 31.5 Å². The van der Waals surface area contributed by atoms with Gasteiger partial charge in [0.25, 0.3) is 0 Å². The van der Waals surface area contributed by atoms with Crippen LogP contribution in [0, 0.1) is 0 Å². The zero-order valence-corrected chi connectivity index (χ0v) is 16.9. The van der Waals surface area contributed by atoms with Gasteiger partial charge in [-0.1, -0.05) is 60.7 Å². The zero-order chi connectivity index (χ0) is 20.4. The molecule has 3 N–H and O–H groups in total. The highest BCUT2D eigenvalue weighted by Gasteiger charge is 2.26. The van der Waals surface area contributed by atoms with E-state index in [-0.39, 0.29) is 31.9 Å². The van der Waals surface area contributed by atoms with Crippen LogP contribution in [0.3, 0.4) is 0 Å². The summed E-state index contributed by atoms with van der Waals surface area (Å²) in [6.07, 6.45) is -0.0394. The smallest absolute Gasteiger partial charge is 0.328 e. The Hall–Kier alpha value is -2.90. The molecule has 0 heterocycles. The van der Waals surface area contributed by atoms with Crippen molar-refractivity contribution in [3.63, 3.8) is 0 Å². The quantitative estimate of drug-likeness (QED) is 0.598. The third-order valence-electron chi connectivity index (χ3n) is 4.05. The molecule has 0 saturated heterocycles. The fourth-order valence-corrected chi connectivity index (χ4v) is 2.53. The van der Waals surface area contributed by atoms with Gasteiger partial charge in [0.1, 0.15) is 12.6 Å². The molecule has 0 fully saturated rings. The summed E-state index contributed by atoms with van der Waals surface area (Å²) >= 11 is 0. The number of rotatable bonds is 9. The van der Waals surface area contributed by atoms with Gasteiger partial charge in [-0.15, -0.1) is 12.4 Å². The number of carbonyl (C=O) groups excluding carboxylic acids is 3. The second-order valence-electron chi connectivity index (χ2n) is 6.23. The molecule has 0 spiro atoms. The Bertz CT molecular complexity index is 786. The van der Waals surface area contributed by atoms with Crippen molar-refractivity contribution >= 4 is 30.3 Å². The molecule has 0 aliphatic heterocycles. The van der Waals surface area contributed by atoms with E-state index in [0.717, 1.165) is 11.1 Å². The molecular formula is C21H25ClN2O5. The molecule has 0 aliphatic rings. The first-order chi connectivity index (χ1) is 13.5. The third-order valence-corrected chi connectivity index (χ3v) is 4.05. The van der Waals surface area contributed by atoms with Crippen LogP contribution in [-0.4, -0.2) is 37.0 Å². The number of nitrogens with two attached hydrogens (primary N) is 1. The number of esters is 2.